The Morgan fingerprint density at radius 3 is 1.02 bits per heavy atom. The highest BCUT2D eigenvalue weighted by molar-refractivity contribution is 5.90. The monoisotopic (exact) mass is 1400 g/mol. The molecule has 9 amide bonds. The van der Waals surface area contributed by atoms with E-state index in [0.717, 1.165) is 0 Å². The van der Waals surface area contributed by atoms with E-state index in [9.17, 15) is 89.1 Å². The number of carbonyl (C=O) groups is 9. The highest BCUT2D eigenvalue weighted by atomic mass is 16.7. The van der Waals surface area contributed by atoms with Gasteiger partial charge in [0.25, 0.3) is 0 Å². The van der Waals surface area contributed by atoms with Crippen molar-refractivity contribution in [2.75, 3.05) is 125 Å². The maximum Gasteiger partial charge on any atom is 0.242 e. The van der Waals surface area contributed by atoms with Crippen LogP contribution in [0.3, 0.4) is 0 Å². The standard InChI is InChI=1S/C59H105N9O29/c1-33(72)64-45-51(82)48(79)38(30-69)95-56(45)91-26-22-87-18-15-61-42(76)12-10-36(54(85)62-16-20-88-23-27-92-57-46(65-34(2)73)52(83)49(80)39(31-70)96-57)68-44(78)13-11-37(67-43(77)9-7-8-41(75)60-14-19-90-25-29-94-59(4,5)6)55(86)63-17-21-89-24-28-93-58-47(66-35(3)74)53(84)50(81)40(32-71)97-58/h36-40,45-53,56-58,69-71,79-84H,7-32H2,1-6H3,(H,60,75)(H,61,76)(H,62,85)(H,63,86)(H,64,72)(H,65,73)(H,66,74)(H,67,77)(H,68,78). The fourth-order valence-corrected chi connectivity index (χ4v) is 9.80. The van der Waals surface area contributed by atoms with Crippen LogP contribution in [0.15, 0.2) is 0 Å². The van der Waals surface area contributed by atoms with Crippen LogP contribution in [0.1, 0.15) is 86.5 Å². The molecule has 38 heteroatoms. The van der Waals surface area contributed by atoms with Crippen LogP contribution < -0.4 is 47.9 Å². The molecular weight excluding hydrogens is 1300 g/mol. The molecule has 0 saturated carbocycles. The van der Waals surface area contributed by atoms with Crippen molar-refractivity contribution in [1.82, 2.24) is 47.9 Å². The van der Waals surface area contributed by atoms with Gasteiger partial charge in [-0.25, -0.2) is 0 Å². The second-order valence-electron chi connectivity index (χ2n) is 23.8. The van der Waals surface area contributed by atoms with Crippen LogP contribution in [-0.2, 0) is 95.3 Å². The molecule has 18 N–H and O–H groups in total. The Balaban J connectivity index is 1.64. The summed E-state index contributed by atoms with van der Waals surface area (Å²) in [6, 6.07) is -6.29. The minimum absolute atomic E-state index is 0.0324. The molecule has 3 saturated heterocycles. The summed E-state index contributed by atoms with van der Waals surface area (Å²) < 4.78 is 61.3. The maximum absolute atomic E-state index is 13.7. The van der Waals surface area contributed by atoms with Crippen molar-refractivity contribution < 1.29 is 141 Å². The van der Waals surface area contributed by atoms with Gasteiger partial charge in [-0.15, -0.1) is 0 Å². The number of hydrogen-bond acceptors (Lipinski definition) is 29. The molecule has 0 aromatic heterocycles. The van der Waals surface area contributed by atoms with Crippen LogP contribution in [0, 0.1) is 0 Å². The number of hydrogen-bond donors (Lipinski definition) is 18. The van der Waals surface area contributed by atoms with Gasteiger partial charge in [0.05, 0.1) is 105 Å². The van der Waals surface area contributed by atoms with Gasteiger partial charge in [-0.1, -0.05) is 0 Å². The molecular formula is C59H105N9O29. The third kappa shape index (κ3) is 33.4. The van der Waals surface area contributed by atoms with Gasteiger partial charge in [0.1, 0.15) is 85.1 Å². The molecule has 0 radical (unpaired) electrons. The Kier molecular flexibility index (Phi) is 41.2. The molecule has 0 aromatic rings. The van der Waals surface area contributed by atoms with E-state index >= 15 is 0 Å². The van der Waals surface area contributed by atoms with E-state index in [1.165, 1.54) is 20.8 Å². The summed E-state index contributed by atoms with van der Waals surface area (Å²) in [5.74, 6) is -5.49. The zero-order chi connectivity index (χ0) is 72.0. The highest BCUT2D eigenvalue weighted by Crippen LogP contribution is 2.25. The molecule has 38 nitrogen and oxygen atoms in total. The third-order valence-corrected chi connectivity index (χ3v) is 14.7. The molecule has 3 heterocycles. The molecule has 3 aliphatic rings. The van der Waals surface area contributed by atoms with E-state index in [0.29, 0.717) is 13.2 Å². The molecule has 0 spiro atoms. The van der Waals surface area contributed by atoms with Crippen molar-refractivity contribution in [1.29, 1.82) is 0 Å². The van der Waals surface area contributed by atoms with E-state index in [2.05, 4.69) is 47.9 Å². The van der Waals surface area contributed by atoms with Gasteiger partial charge >= 0.3 is 0 Å². The maximum atomic E-state index is 13.7. The summed E-state index contributed by atoms with van der Waals surface area (Å²) in [4.78, 5) is 116. The number of ether oxygens (including phenoxy) is 11. The van der Waals surface area contributed by atoms with Gasteiger partial charge in [0.2, 0.25) is 53.2 Å². The second-order valence-corrected chi connectivity index (χ2v) is 23.8. The average molecular weight is 1400 g/mol. The van der Waals surface area contributed by atoms with Crippen molar-refractivity contribution in [2.45, 2.75) is 196 Å². The fourth-order valence-electron chi connectivity index (χ4n) is 9.80. The van der Waals surface area contributed by atoms with Crippen molar-refractivity contribution in [3.63, 3.8) is 0 Å². The van der Waals surface area contributed by atoms with Crippen LogP contribution in [0.2, 0.25) is 0 Å². The first kappa shape index (κ1) is 85.7. The van der Waals surface area contributed by atoms with Crippen LogP contribution >= 0.6 is 0 Å². The zero-order valence-corrected chi connectivity index (χ0v) is 55.9. The van der Waals surface area contributed by atoms with E-state index in [1.807, 2.05) is 20.8 Å². The first-order valence-corrected chi connectivity index (χ1v) is 32.3. The van der Waals surface area contributed by atoms with Crippen molar-refractivity contribution in [3.8, 4) is 0 Å². The molecule has 3 rings (SSSR count). The molecule has 560 valence electrons. The number of aliphatic hydroxyl groups excluding tert-OH is 9. The summed E-state index contributed by atoms with van der Waals surface area (Å²) in [6.45, 7) is 7.05. The van der Waals surface area contributed by atoms with Gasteiger partial charge in [-0.05, 0) is 40.0 Å². The number of nitrogens with one attached hydrogen (secondary N) is 9. The van der Waals surface area contributed by atoms with Crippen LogP contribution in [0.4, 0.5) is 0 Å². The molecule has 0 bridgehead atoms. The number of rotatable bonds is 47. The largest absolute Gasteiger partial charge is 0.394 e. The molecule has 3 fully saturated rings. The Bertz CT molecular complexity index is 2370. The molecule has 0 aromatic carbocycles. The Labute approximate surface area is 562 Å². The SMILES string of the molecule is CC(=O)NC1C(OCCOCCNC(=O)CCC(NC(=O)CCC(NC(=O)CCCC(=O)NCCOCCOC(C)(C)C)C(=O)NCCOCCOC2OC(CO)C(O)C(O)C2NC(C)=O)C(=O)NCCOCCOC2OC(CO)C(O)C(O)C2NC(C)=O)OC(CO)C(O)C1O. The predicted octanol–water partition coefficient (Wildman–Crippen LogP) is -9.09. The number of aliphatic hydroxyl groups is 9. The Morgan fingerprint density at radius 1 is 0.392 bits per heavy atom. The summed E-state index contributed by atoms with van der Waals surface area (Å²) >= 11 is 0. The van der Waals surface area contributed by atoms with Crippen molar-refractivity contribution in [2.24, 2.45) is 0 Å². The number of amides is 9. The minimum atomic E-state index is -1.55. The fraction of sp³-hybridized carbons (Fsp3) is 0.847. The molecule has 3 aliphatic heterocycles. The van der Waals surface area contributed by atoms with Gasteiger partial charge in [0.15, 0.2) is 18.9 Å². The molecule has 0 aliphatic carbocycles. The van der Waals surface area contributed by atoms with E-state index in [1.54, 1.807) is 0 Å². The van der Waals surface area contributed by atoms with Gasteiger partial charge in [-0.3, -0.25) is 43.2 Å². The lowest BCUT2D eigenvalue weighted by molar-refractivity contribution is -0.272. The highest BCUT2D eigenvalue weighted by Gasteiger charge is 2.48. The first-order valence-electron chi connectivity index (χ1n) is 32.3. The van der Waals surface area contributed by atoms with Crippen LogP contribution in [0.5, 0.6) is 0 Å². The summed E-state index contributed by atoms with van der Waals surface area (Å²) in [6.07, 6.45) is -18.2. The molecule has 17 unspecified atom stereocenters. The average Bonchev–Trinajstić information content (AvgIpc) is 0.850. The molecule has 97 heavy (non-hydrogen) atoms. The van der Waals surface area contributed by atoms with Gasteiger partial charge in [0, 0.05) is 72.6 Å². The molecule has 17 atom stereocenters. The predicted molar refractivity (Wildman–Crippen MR) is 331 cm³/mol. The first-order chi connectivity index (χ1) is 46.1. The second kappa shape index (κ2) is 46.7. The van der Waals surface area contributed by atoms with E-state index in [-0.39, 0.29) is 142 Å². The smallest absolute Gasteiger partial charge is 0.242 e. The lowest BCUT2D eigenvalue weighted by atomic mass is 9.97. The minimum Gasteiger partial charge on any atom is -0.394 e. The summed E-state index contributed by atoms with van der Waals surface area (Å²) in [5.41, 5.74) is -0.333. The van der Waals surface area contributed by atoms with Crippen molar-refractivity contribution >= 4 is 53.2 Å². The summed E-state index contributed by atoms with van der Waals surface area (Å²) in [7, 11) is 0. The quantitative estimate of drug-likeness (QED) is 0.0252. The van der Waals surface area contributed by atoms with Crippen molar-refractivity contribution in [3.05, 3.63) is 0 Å². The Morgan fingerprint density at radius 2 is 0.691 bits per heavy atom. The van der Waals surface area contributed by atoms with E-state index in [4.69, 9.17) is 52.1 Å². The lowest BCUT2D eigenvalue weighted by Crippen LogP contribution is -2.64. The third-order valence-electron chi connectivity index (χ3n) is 14.7. The van der Waals surface area contributed by atoms with E-state index < -0.39 is 178 Å². The van der Waals surface area contributed by atoms with Crippen LogP contribution in [0.25, 0.3) is 0 Å². The Hall–Kier alpha value is -5.57. The topological polar surface area (TPSA) is 546 Å². The number of carbonyl (C=O) groups excluding carboxylic acids is 9. The normalized spacial score (nSPS) is 26.3. The zero-order valence-electron chi connectivity index (χ0n) is 55.9. The summed E-state index contributed by atoms with van der Waals surface area (Å²) in [5, 5.41) is 114. The van der Waals surface area contributed by atoms with Gasteiger partial charge in [-0.2, -0.15) is 0 Å². The van der Waals surface area contributed by atoms with Crippen LogP contribution in [-0.4, -0.2) is 334 Å². The van der Waals surface area contributed by atoms with Gasteiger partial charge < -0.3 is 146 Å². The lowest BCUT2D eigenvalue weighted by Gasteiger charge is -2.42.